The van der Waals surface area contributed by atoms with Gasteiger partial charge in [0.1, 0.15) is 0 Å². The number of nitrogens with zero attached hydrogens (tertiary/aromatic N) is 2. The summed E-state index contributed by atoms with van der Waals surface area (Å²) in [6.45, 7) is 3.50. The second kappa shape index (κ2) is 14.9. The Bertz CT molecular complexity index is 1670. The predicted octanol–water partition coefficient (Wildman–Crippen LogP) is 9.57. The van der Waals surface area contributed by atoms with Gasteiger partial charge in [0.15, 0.2) is 0 Å². The Kier molecular flexibility index (Phi) is 10.3. The Hall–Kier alpha value is -3.38. The first-order valence-corrected chi connectivity index (χ1v) is 16.3. The lowest BCUT2D eigenvalue weighted by molar-refractivity contribution is 0.0557. The van der Waals surface area contributed by atoms with Gasteiger partial charge in [0, 0.05) is 40.9 Å². The Morgan fingerprint density at radius 2 is 1.35 bits per heavy atom. The van der Waals surface area contributed by atoms with Crippen LogP contribution in [-0.2, 0) is 15.9 Å². The van der Waals surface area contributed by atoms with E-state index in [4.69, 9.17) is 9.47 Å². The highest BCUT2D eigenvalue weighted by molar-refractivity contribution is 9.10. The lowest BCUT2D eigenvalue weighted by Crippen LogP contribution is -2.24. The van der Waals surface area contributed by atoms with Gasteiger partial charge >= 0.3 is 0 Å². The average molecular weight is 636 g/mol. The van der Waals surface area contributed by atoms with Crippen LogP contribution in [-0.4, -0.2) is 36.4 Å². The fraction of sp³-hybridized carbons (Fsp3) is 0.316. The molecule has 3 aliphatic rings. The van der Waals surface area contributed by atoms with Crippen LogP contribution in [0.3, 0.4) is 0 Å². The number of para-hydroxylation sites is 2. The largest absolute Gasteiger partial charge is 0.381 e. The van der Waals surface area contributed by atoms with Gasteiger partial charge in [0.2, 0.25) is 0 Å². The molecular formula is C38H39BrN2O2. The number of benzene rings is 3. The number of pyridine rings is 2. The lowest BCUT2D eigenvalue weighted by Gasteiger charge is -2.34. The van der Waals surface area contributed by atoms with Crippen molar-refractivity contribution in [2.45, 2.75) is 44.4 Å². The fourth-order valence-electron chi connectivity index (χ4n) is 6.61. The third kappa shape index (κ3) is 7.41. The number of ether oxygens (including phenoxy) is 2. The summed E-state index contributed by atoms with van der Waals surface area (Å²) in [5.74, 6) is 1.68. The van der Waals surface area contributed by atoms with Crippen molar-refractivity contribution in [1.82, 2.24) is 9.97 Å². The van der Waals surface area contributed by atoms with Gasteiger partial charge in [-0.15, -0.1) is 0 Å². The molecule has 220 valence electrons. The highest BCUT2D eigenvalue weighted by Crippen LogP contribution is 2.40. The zero-order chi connectivity index (χ0) is 29.3. The molecule has 1 fully saturated rings. The number of fused-ring (bicyclic) bond motifs is 3. The standard InChI is InChI=1S/C15H20O.C14H13NO.C9H6BrN/c1-2-6-14-12(4-1)5-3-7-15(14)13-8-10-16-11-9-13;1-2-4-14-13(3-1)12(5-8-15-14)11-6-9-16-10-7-11;10-8-5-6-11-9-4-2-1-3-7(8)9/h1-2,4,6,13,15H,3,5,7-11H2;1-6,8H,7,9-10H2;1-6H. The lowest BCUT2D eigenvalue weighted by atomic mass is 9.73. The Labute approximate surface area is 263 Å². The van der Waals surface area contributed by atoms with E-state index in [0.717, 1.165) is 65.6 Å². The number of hydrogen-bond acceptors (Lipinski definition) is 4. The van der Waals surface area contributed by atoms with E-state index in [1.54, 1.807) is 17.3 Å². The SMILES string of the molecule is Brc1ccnc2ccccc12.C1=C(c2ccnc3ccccc23)CCOC1.c1ccc2c(c1)CCCC2C1CCOCC1. The third-order valence-corrected chi connectivity index (χ3v) is 9.50. The number of aromatic nitrogens is 2. The van der Waals surface area contributed by atoms with E-state index in [2.05, 4.69) is 80.5 Å². The Morgan fingerprint density at radius 3 is 2.12 bits per heavy atom. The van der Waals surface area contributed by atoms with Gasteiger partial charge in [-0.3, -0.25) is 9.97 Å². The molecule has 8 rings (SSSR count). The molecular weight excluding hydrogens is 596 g/mol. The van der Waals surface area contributed by atoms with Crippen LogP contribution in [0.15, 0.2) is 108 Å². The molecule has 0 radical (unpaired) electrons. The summed E-state index contributed by atoms with van der Waals surface area (Å²) in [5, 5.41) is 2.40. The smallest absolute Gasteiger partial charge is 0.0713 e. The zero-order valence-electron chi connectivity index (χ0n) is 24.6. The van der Waals surface area contributed by atoms with E-state index in [1.165, 1.54) is 48.6 Å². The number of aryl methyl sites for hydroxylation is 1. The summed E-state index contributed by atoms with van der Waals surface area (Å²) >= 11 is 3.46. The van der Waals surface area contributed by atoms with E-state index < -0.39 is 0 Å². The van der Waals surface area contributed by atoms with Gasteiger partial charge < -0.3 is 9.47 Å². The fourth-order valence-corrected chi connectivity index (χ4v) is 7.06. The highest BCUT2D eigenvalue weighted by Gasteiger charge is 2.28. The van der Waals surface area contributed by atoms with Crippen molar-refractivity contribution < 1.29 is 9.47 Å². The van der Waals surface area contributed by atoms with Crippen LogP contribution in [0.4, 0.5) is 0 Å². The van der Waals surface area contributed by atoms with E-state index in [0.29, 0.717) is 0 Å². The molecule has 1 atom stereocenters. The van der Waals surface area contributed by atoms with Crippen LogP contribution in [0.5, 0.6) is 0 Å². The van der Waals surface area contributed by atoms with Gasteiger partial charge in [-0.25, -0.2) is 0 Å². The van der Waals surface area contributed by atoms with E-state index in [1.807, 2.05) is 42.6 Å². The molecule has 43 heavy (non-hydrogen) atoms. The molecule has 2 aliphatic heterocycles. The van der Waals surface area contributed by atoms with Gasteiger partial charge in [0.05, 0.1) is 24.2 Å². The van der Waals surface area contributed by atoms with Gasteiger partial charge in [0.25, 0.3) is 0 Å². The molecule has 4 heterocycles. The normalized spacial score (nSPS) is 18.4. The molecule has 0 spiro atoms. The third-order valence-electron chi connectivity index (χ3n) is 8.80. The monoisotopic (exact) mass is 634 g/mol. The molecule has 5 heteroatoms. The Morgan fingerprint density at radius 1 is 0.651 bits per heavy atom. The van der Waals surface area contributed by atoms with Crippen molar-refractivity contribution in [3.63, 3.8) is 0 Å². The highest BCUT2D eigenvalue weighted by atomic mass is 79.9. The molecule has 5 aromatic rings. The van der Waals surface area contributed by atoms with Crippen LogP contribution >= 0.6 is 15.9 Å². The minimum atomic E-state index is 0.728. The van der Waals surface area contributed by atoms with Crippen LogP contribution in [0.1, 0.15) is 54.7 Å². The maximum absolute atomic E-state index is 5.48. The van der Waals surface area contributed by atoms with Crippen LogP contribution in [0.2, 0.25) is 0 Å². The molecule has 0 N–H and O–H groups in total. The Balaban J connectivity index is 0.000000117. The number of hydrogen-bond donors (Lipinski definition) is 0. The molecule has 1 aliphatic carbocycles. The molecule has 0 amide bonds. The summed E-state index contributed by atoms with van der Waals surface area (Å²) in [5.41, 5.74) is 8.01. The second-order valence-electron chi connectivity index (χ2n) is 11.4. The van der Waals surface area contributed by atoms with Crippen LogP contribution in [0, 0.1) is 5.92 Å². The zero-order valence-corrected chi connectivity index (χ0v) is 26.2. The van der Waals surface area contributed by atoms with Crippen molar-refractivity contribution in [1.29, 1.82) is 0 Å². The molecule has 0 bridgehead atoms. The van der Waals surface area contributed by atoms with Crippen LogP contribution in [0.25, 0.3) is 27.4 Å². The first-order valence-electron chi connectivity index (χ1n) is 15.5. The predicted molar refractivity (Wildman–Crippen MR) is 180 cm³/mol. The first kappa shape index (κ1) is 29.7. The molecule has 2 aromatic heterocycles. The van der Waals surface area contributed by atoms with Crippen molar-refractivity contribution in [2.24, 2.45) is 5.92 Å². The van der Waals surface area contributed by atoms with Crippen molar-refractivity contribution in [3.8, 4) is 0 Å². The van der Waals surface area contributed by atoms with E-state index in [9.17, 15) is 0 Å². The summed E-state index contributed by atoms with van der Waals surface area (Å²) in [7, 11) is 0. The topological polar surface area (TPSA) is 44.2 Å². The second-order valence-corrected chi connectivity index (χ2v) is 12.2. The van der Waals surface area contributed by atoms with Crippen molar-refractivity contribution >= 4 is 43.3 Å². The molecule has 0 saturated carbocycles. The maximum atomic E-state index is 5.48. The van der Waals surface area contributed by atoms with Crippen molar-refractivity contribution in [3.05, 3.63) is 125 Å². The summed E-state index contributed by atoms with van der Waals surface area (Å²) in [6.07, 6.45) is 13.4. The maximum Gasteiger partial charge on any atom is 0.0713 e. The quantitative estimate of drug-likeness (QED) is 0.194. The minimum absolute atomic E-state index is 0.728. The van der Waals surface area contributed by atoms with Gasteiger partial charge in [-0.1, -0.05) is 82.7 Å². The van der Waals surface area contributed by atoms with E-state index in [-0.39, 0.29) is 0 Å². The number of halogens is 1. The molecule has 4 nitrogen and oxygen atoms in total. The summed E-state index contributed by atoms with van der Waals surface area (Å²) in [4.78, 5) is 8.59. The average Bonchev–Trinajstić information content (AvgIpc) is 3.09. The summed E-state index contributed by atoms with van der Waals surface area (Å²) in [6, 6.07) is 29.4. The number of rotatable bonds is 2. The first-order chi connectivity index (χ1) is 21.3. The summed E-state index contributed by atoms with van der Waals surface area (Å²) < 4.78 is 11.9. The molecule has 3 aromatic carbocycles. The minimum Gasteiger partial charge on any atom is -0.381 e. The van der Waals surface area contributed by atoms with Gasteiger partial charge in [-0.05, 0) is 96.9 Å². The van der Waals surface area contributed by atoms with Gasteiger partial charge in [-0.2, -0.15) is 0 Å². The van der Waals surface area contributed by atoms with Crippen molar-refractivity contribution in [2.75, 3.05) is 26.4 Å². The van der Waals surface area contributed by atoms with Crippen LogP contribution < -0.4 is 0 Å². The molecule has 1 saturated heterocycles. The van der Waals surface area contributed by atoms with E-state index >= 15 is 0 Å². The molecule has 1 unspecified atom stereocenters.